The molecule has 0 aromatic carbocycles. The van der Waals surface area contributed by atoms with Crippen molar-refractivity contribution in [3.05, 3.63) is 11.8 Å². The summed E-state index contributed by atoms with van der Waals surface area (Å²) in [4.78, 5) is 6.80. The molecule has 1 saturated heterocycles. The smallest absolute Gasteiger partial charge is 0.105 e. The number of amidine groups is 1. The average molecular weight is 180 g/mol. The number of nitrogens with zero attached hydrogens (tertiary/aromatic N) is 2. The topological polar surface area (TPSA) is 24.8 Å². The molecule has 2 aliphatic heterocycles. The first-order chi connectivity index (χ1) is 6.36. The second kappa shape index (κ2) is 3.92. The zero-order valence-corrected chi connectivity index (χ0v) is 8.12. The van der Waals surface area contributed by atoms with Gasteiger partial charge in [0.15, 0.2) is 0 Å². The van der Waals surface area contributed by atoms with Gasteiger partial charge in [0.1, 0.15) is 5.84 Å². The van der Waals surface area contributed by atoms with Crippen LogP contribution >= 0.6 is 0 Å². The molecule has 3 nitrogen and oxygen atoms in total. The monoisotopic (exact) mass is 180 g/mol. The minimum Gasteiger partial charge on any atom is -0.378 e. The van der Waals surface area contributed by atoms with Gasteiger partial charge in [0, 0.05) is 25.7 Å². The molecule has 0 aromatic rings. The second-order valence-electron chi connectivity index (χ2n) is 3.62. The van der Waals surface area contributed by atoms with Crippen LogP contribution in [0.5, 0.6) is 0 Å². The minimum absolute atomic E-state index is 0.849. The van der Waals surface area contributed by atoms with Gasteiger partial charge in [0.25, 0.3) is 0 Å². The van der Waals surface area contributed by atoms with E-state index in [1.54, 1.807) is 0 Å². The Morgan fingerprint density at radius 2 is 2.08 bits per heavy atom. The summed E-state index contributed by atoms with van der Waals surface area (Å²) in [5, 5.41) is 0. The number of aliphatic imine (C=N–C) groups is 1. The molecule has 0 bridgehead atoms. The lowest BCUT2D eigenvalue weighted by Crippen LogP contribution is -2.41. The Balaban J connectivity index is 1.99. The van der Waals surface area contributed by atoms with Crippen molar-refractivity contribution in [1.29, 1.82) is 0 Å². The minimum atomic E-state index is 0.849. The fourth-order valence-corrected chi connectivity index (χ4v) is 1.68. The lowest BCUT2D eigenvalue weighted by atomic mass is 10.1. The van der Waals surface area contributed by atoms with Gasteiger partial charge in [0.2, 0.25) is 0 Å². The zero-order valence-electron chi connectivity index (χ0n) is 8.12. The maximum absolute atomic E-state index is 5.30. The van der Waals surface area contributed by atoms with Crippen LogP contribution in [0.3, 0.4) is 0 Å². The van der Waals surface area contributed by atoms with Crippen LogP contribution < -0.4 is 0 Å². The Hall–Kier alpha value is -0.830. The van der Waals surface area contributed by atoms with E-state index in [-0.39, 0.29) is 0 Å². The Morgan fingerprint density at radius 3 is 2.69 bits per heavy atom. The molecule has 0 atom stereocenters. The van der Waals surface area contributed by atoms with Crippen molar-refractivity contribution < 1.29 is 4.74 Å². The Kier molecular flexibility index (Phi) is 2.64. The highest BCUT2D eigenvalue weighted by molar-refractivity contribution is 5.84. The van der Waals surface area contributed by atoms with E-state index in [4.69, 9.17) is 4.74 Å². The van der Waals surface area contributed by atoms with Crippen LogP contribution in [0.15, 0.2) is 16.8 Å². The third-order valence-electron chi connectivity index (χ3n) is 2.55. The predicted octanol–water partition coefficient (Wildman–Crippen LogP) is 1.41. The van der Waals surface area contributed by atoms with E-state index in [9.17, 15) is 0 Å². The summed E-state index contributed by atoms with van der Waals surface area (Å²) in [6, 6.07) is 0. The predicted molar refractivity (Wildman–Crippen MR) is 52.8 cm³/mol. The number of hydrogen-bond acceptors (Lipinski definition) is 3. The zero-order chi connectivity index (χ0) is 9.10. The highest BCUT2D eigenvalue weighted by Crippen LogP contribution is 2.14. The van der Waals surface area contributed by atoms with Gasteiger partial charge in [-0.15, -0.1) is 0 Å². The molecule has 0 aliphatic carbocycles. The summed E-state index contributed by atoms with van der Waals surface area (Å²) in [7, 11) is 0. The van der Waals surface area contributed by atoms with E-state index in [0.717, 1.165) is 39.1 Å². The van der Waals surface area contributed by atoms with Gasteiger partial charge in [0.05, 0.1) is 13.2 Å². The van der Waals surface area contributed by atoms with Crippen LogP contribution in [0.25, 0.3) is 0 Å². The van der Waals surface area contributed by atoms with Crippen LogP contribution in [0.1, 0.15) is 19.8 Å². The molecule has 3 heteroatoms. The lowest BCUT2D eigenvalue weighted by molar-refractivity contribution is 0.0671. The summed E-state index contributed by atoms with van der Waals surface area (Å²) in [6.45, 7) is 5.85. The van der Waals surface area contributed by atoms with E-state index in [1.165, 1.54) is 11.4 Å². The largest absolute Gasteiger partial charge is 0.378 e. The molecule has 13 heavy (non-hydrogen) atoms. The van der Waals surface area contributed by atoms with Crippen molar-refractivity contribution in [2.24, 2.45) is 4.99 Å². The molecule has 72 valence electrons. The maximum Gasteiger partial charge on any atom is 0.105 e. The molecule has 0 unspecified atom stereocenters. The Labute approximate surface area is 79.1 Å². The molecule has 1 fully saturated rings. The number of ether oxygens (including phenoxy) is 1. The van der Waals surface area contributed by atoms with Crippen LogP contribution in [0.2, 0.25) is 0 Å². The van der Waals surface area contributed by atoms with E-state index >= 15 is 0 Å². The number of morpholine rings is 1. The van der Waals surface area contributed by atoms with Crippen molar-refractivity contribution in [3.63, 3.8) is 0 Å². The SMILES string of the molecule is CC1=CN=C(N2CCOCC2)CC1. The molecular formula is C10H16N2O. The molecule has 2 rings (SSSR count). The Morgan fingerprint density at radius 1 is 1.31 bits per heavy atom. The summed E-state index contributed by atoms with van der Waals surface area (Å²) in [5.74, 6) is 1.24. The molecule has 0 radical (unpaired) electrons. The van der Waals surface area contributed by atoms with Crippen LogP contribution in [-0.2, 0) is 4.74 Å². The summed E-state index contributed by atoms with van der Waals surface area (Å²) < 4.78 is 5.30. The first-order valence-electron chi connectivity index (χ1n) is 4.91. The van der Waals surface area contributed by atoms with E-state index < -0.39 is 0 Å². The number of hydrogen-bond donors (Lipinski definition) is 0. The van der Waals surface area contributed by atoms with E-state index in [2.05, 4.69) is 16.8 Å². The third kappa shape index (κ3) is 2.10. The molecule has 2 aliphatic rings. The first-order valence-corrected chi connectivity index (χ1v) is 4.91. The quantitative estimate of drug-likeness (QED) is 0.563. The highest BCUT2D eigenvalue weighted by atomic mass is 16.5. The fraction of sp³-hybridized carbons (Fsp3) is 0.700. The van der Waals surface area contributed by atoms with Gasteiger partial charge in [-0.1, -0.05) is 5.57 Å². The van der Waals surface area contributed by atoms with E-state index in [0.29, 0.717) is 0 Å². The Bertz CT molecular complexity index is 239. The van der Waals surface area contributed by atoms with Crippen molar-refractivity contribution in [2.75, 3.05) is 26.3 Å². The molecule has 2 heterocycles. The van der Waals surface area contributed by atoms with Gasteiger partial charge in [-0.25, -0.2) is 4.99 Å². The van der Waals surface area contributed by atoms with Crippen molar-refractivity contribution in [3.8, 4) is 0 Å². The van der Waals surface area contributed by atoms with Crippen molar-refractivity contribution in [1.82, 2.24) is 4.90 Å². The molecule has 0 amide bonds. The maximum atomic E-state index is 5.30. The molecule has 0 saturated carbocycles. The molecular weight excluding hydrogens is 164 g/mol. The number of rotatable bonds is 0. The van der Waals surface area contributed by atoms with Crippen LogP contribution in [0, 0.1) is 0 Å². The van der Waals surface area contributed by atoms with E-state index in [1.807, 2.05) is 6.20 Å². The average Bonchev–Trinajstić information content (AvgIpc) is 2.20. The first kappa shape index (κ1) is 8.75. The lowest BCUT2D eigenvalue weighted by Gasteiger charge is -2.30. The molecule has 0 aromatic heterocycles. The van der Waals surface area contributed by atoms with Gasteiger partial charge in [-0.3, -0.25) is 0 Å². The highest BCUT2D eigenvalue weighted by Gasteiger charge is 2.16. The van der Waals surface area contributed by atoms with Gasteiger partial charge < -0.3 is 9.64 Å². The number of allylic oxidation sites excluding steroid dienone is 1. The third-order valence-corrected chi connectivity index (χ3v) is 2.55. The van der Waals surface area contributed by atoms with Gasteiger partial charge >= 0.3 is 0 Å². The molecule has 0 N–H and O–H groups in total. The van der Waals surface area contributed by atoms with Gasteiger partial charge in [-0.2, -0.15) is 0 Å². The summed E-state index contributed by atoms with van der Waals surface area (Å²) in [6.07, 6.45) is 4.26. The normalized spacial score (nSPS) is 23.9. The fourth-order valence-electron chi connectivity index (χ4n) is 1.68. The summed E-state index contributed by atoms with van der Waals surface area (Å²) in [5.41, 5.74) is 1.39. The standard InChI is InChI=1S/C10H16N2O/c1-9-2-3-10(11-8-9)12-4-6-13-7-5-12/h8H,2-7H2,1H3. The molecule has 0 spiro atoms. The van der Waals surface area contributed by atoms with Crippen LogP contribution in [0.4, 0.5) is 0 Å². The van der Waals surface area contributed by atoms with Gasteiger partial charge in [-0.05, 0) is 13.3 Å². The van der Waals surface area contributed by atoms with Crippen molar-refractivity contribution >= 4 is 5.84 Å². The van der Waals surface area contributed by atoms with Crippen molar-refractivity contribution in [2.45, 2.75) is 19.8 Å². The van der Waals surface area contributed by atoms with Crippen LogP contribution in [-0.4, -0.2) is 37.0 Å². The summed E-state index contributed by atoms with van der Waals surface area (Å²) >= 11 is 0. The second-order valence-corrected chi connectivity index (χ2v) is 3.62.